The van der Waals surface area contributed by atoms with Crippen molar-refractivity contribution in [3.8, 4) is 22.3 Å². The largest absolute Gasteiger partial charge is 0.312 e. The van der Waals surface area contributed by atoms with Crippen molar-refractivity contribution in [3.63, 3.8) is 0 Å². The molecule has 0 atom stereocenters. The minimum absolute atomic E-state index is 0.0217. The van der Waals surface area contributed by atoms with Crippen molar-refractivity contribution in [1.29, 1.82) is 0 Å². The summed E-state index contributed by atoms with van der Waals surface area (Å²) in [6.45, 7) is 0.0508. The minimum Gasteiger partial charge on any atom is -0.312 e. The zero-order valence-corrected chi connectivity index (χ0v) is 35.6. The van der Waals surface area contributed by atoms with E-state index in [1.54, 1.807) is 0 Å². The van der Waals surface area contributed by atoms with Gasteiger partial charge >= 0.3 is 0 Å². The standard InChI is InChI=1S/C61H40B2N2/c1-4-20-41(21-5-1)42-36-38-43(39-37-42)46-26-10-16-32-53(46)64-54-33-17-13-29-50(54)63-52-31-15-19-35-56(52)65-55-34-18-14-30-51(55)62-49-28-12-11-27-47(49)61(44-22-6-2-7-23-44,45-24-8-3-9-25-45)48-40-57(64)59(63)60(65)58(48)62/h1-40H. The van der Waals surface area contributed by atoms with E-state index in [1.165, 1.54) is 106 Å². The Labute approximate surface area is 380 Å². The van der Waals surface area contributed by atoms with Gasteiger partial charge in [-0.1, -0.05) is 218 Å². The summed E-state index contributed by atoms with van der Waals surface area (Å²) in [5, 5.41) is 0. The van der Waals surface area contributed by atoms with Crippen molar-refractivity contribution in [1.82, 2.24) is 0 Å². The summed E-state index contributed by atoms with van der Waals surface area (Å²) in [5.74, 6) is 0. The maximum atomic E-state index is 2.64. The normalized spacial score (nSPS) is 14.2. The molecule has 0 spiro atoms. The molecule has 0 unspecified atom stereocenters. The molecule has 65 heavy (non-hydrogen) atoms. The first-order chi connectivity index (χ1) is 32.3. The van der Waals surface area contributed by atoms with E-state index in [4.69, 9.17) is 0 Å². The number of benzene rings is 10. The van der Waals surface area contributed by atoms with Crippen molar-refractivity contribution in [2.24, 2.45) is 0 Å². The number of nitrogens with zero attached hydrogens (tertiary/aromatic N) is 2. The number of rotatable bonds is 5. The van der Waals surface area contributed by atoms with Crippen molar-refractivity contribution in [2.45, 2.75) is 5.41 Å². The lowest BCUT2D eigenvalue weighted by atomic mass is 9.26. The van der Waals surface area contributed by atoms with Gasteiger partial charge in [-0.05, 0) is 96.6 Å². The van der Waals surface area contributed by atoms with Crippen molar-refractivity contribution < 1.29 is 0 Å². The second kappa shape index (κ2) is 14.0. The highest BCUT2D eigenvalue weighted by atomic mass is 15.2. The van der Waals surface area contributed by atoms with E-state index in [2.05, 4.69) is 252 Å². The van der Waals surface area contributed by atoms with Crippen LogP contribution in [0, 0.1) is 0 Å². The Morgan fingerprint density at radius 1 is 0.292 bits per heavy atom. The molecule has 0 saturated carbocycles. The first-order valence-electron chi connectivity index (χ1n) is 22.8. The molecule has 0 bridgehead atoms. The molecule has 14 rings (SSSR count). The predicted octanol–water partition coefficient (Wildman–Crippen LogP) is 10.6. The summed E-state index contributed by atoms with van der Waals surface area (Å²) in [6.07, 6.45) is 0. The van der Waals surface area contributed by atoms with Crippen LogP contribution in [0.3, 0.4) is 0 Å². The smallest absolute Gasteiger partial charge is 0.252 e. The molecule has 0 fully saturated rings. The maximum absolute atomic E-state index is 2.64. The molecular formula is C61H40B2N2. The lowest BCUT2D eigenvalue weighted by Crippen LogP contribution is -2.70. The Morgan fingerprint density at radius 2 is 0.723 bits per heavy atom. The predicted molar refractivity (Wildman–Crippen MR) is 274 cm³/mol. The third kappa shape index (κ3) is 4.97. The fourth-order valence-corrected chi connectivity index (χ4v) is 12.3. The van der Waals surface area contributed by atoms with E-state index in [0.717, 1.165) is 5.69 Å². The molecule has 0 N–H and O–H groups in total. The van der Waals surface area contributed by atoms with Gasteiger partial charge in [0.2, 0.25) is 6.71 Å². The van der Waals surface area contributed by atoms with Gasteiger partial charge in [0.15, 0.2) is 0 Å². The van der Waals surface area contributed by atoms with Gasteiger partial charge in [0.25, 0.3) is 6.71 Å². The van der Waals surface area contributed by atoms with Gasteiger partial charge in [-0.25, -0.2) is 0 Å². The Kier molecular flexibility index (Phi) is 7.82. The summed E-state index contributed by atoms with van der Waals surface area (Å²) in [5.41, 5.74) is 24.9. The SMILES string of the molecule is c1ccc(-c2ccc(-c3ccccc3N3c4ccccc4B4c5ccccc5N5c6ccccc6B6c7ccccc7C(c7ccccc7)(c7ccccc7)c7cc3c4c5c76)cc2)cc1. The van der Waals surface area contributed by atoms with Gasteiger partial charge < -0.3 is 9.80 Å². The van der Waals surface area contributed by atoms with E-state index in [9.17, 15) is 0 Å². The number of fused-ring (bicyclic) bond motifs is 10. The van der Waals surface area contributed by atoms with E-state index in [0.29, 0.717) is 0 Å². The second-order valence-corrected chi connectivity index (χ2v) is 17.9. The zero-order valence-electron chi connectivity index (χ0n) is 35.6. The van der Waals surface area contributed by atoms with Gasteiger partial charge in [-0.3, -0.25) is 0 Å². The van der Waals surface area contributed by atoms with Crippen LogP contribution in [0.1, 0.15) is 22.3 Å². The molecule has 0 amide bonds. The third-order valence-electron chi connectivity index (χ3n) is 14.8. The van der Waals surface area contributed by atoms with Crippen LogP contribution in [0.15, 0.2) is 243 Å². The van der Waals surface area contributed by atoms with Gasteiger partial charge in [0, 0.05) is 34.0 Å². The lowest BCUT2D eigenvalue weighted by Gasteiger charge is -2.53. The molecule has 0 aromatic heterocycles. The van der Waals surface area contributed by atoms with Crippen LogP contribution < -0.4 is 42.6 Å². The summed E-state index contributed by atoms with van der Waals surface area (Å²) in [4.78, 5) is 5.26. The Morgan fingerprint density at radius 3 is 1.32 bits per heavy atom. The number of hydrogen-bond donors (Lipinski definition) is 0. The average Bonchev–Trinajstić information content (AvgIpc) is 3.39. The number of para-hydroxylation sites is 4. The highest BCUT2D eigenvalue weighted by molar-refractivity contribution is 7.04. The monoisotopic (exact) mass is 822 g/mol. The van der Waals surface area contributed by atoms with E-state index >= 15 is 0 Å². The van der Waals surface area contributed by atoms with E-state index in [-0.39, 0.29) is 13.4 Å². The molecule has 0 saturated heterocycles. The number of hydrogen-bond acceptors (Lipinski definition) is 2. The summed E-state index contributed by atoms with van der Waals surface area (Å²) < 4.78 is 0. The molecule has 4 heterocycles. The quantitative estimate of drug-likeness (QED) is 0.160. The van der Waals surface area contributed by atoms with Crippen LogP contribution in [0.2, 0.25) is 0 Å². The maximum Gasteiger partial charge on any atom is 0.252 e. The summed E-state index contributed by atoms with van der Waals surface area (Å²) >= 11 is 0. The molecule has 4 heteroatoms. The van der Waals surface area contributed by atoms with Crippen molar-refractivity contribution in [2.75, 3.05) is 9.80 Å². The fourth-order valence-electron chi connectivity index (χ4n) is 12.3. The van der Waals surface area contributed by atoms with Crippen LogP contribution in [0.25, 0.3) is 22.3 Å². The first-order valence-corrected chi connectivity index (χ1v) is 22.8. The third-order valence-corrected chi connectivity index (χ3v) is 14.8. The Balaban J connectivity index is 1.14. The van der Waals surface area contributed by atoms with Crippen molar-refractivity contribution in [3.05, 3.63) is 265 Å². The van der Waals surface area contributed by atoms with Crippen LogP contribution in [0.4, 0.5) is 34.1 Å². The van der Waals surface area contributed by atoms with E-state index < -0.39 is 5.41 Å². The average molecular weight is 823 g/mol. The molecule has 300 valence electrons. The second-order valence-electron chi connectivity index (χ2n) is 17.9. The topological polar surface area (TPSA) is 6.48 Å². The van der Waals surface area contributed by atoms with Gasteiger partial charge in [-0.15, -0.1) is 0 Å². The minimum atomic E-state index is -0.629. The molecule has 4 aliphatic rings. The highest BCUT2D eigenvalue weighted by Crippen LogP contribution is 2.53. The van der Waals surface area contributed by atoms with Crippen molar-refractivity contribution >= 4 is 80.3 Å². The lowest BCUT2D eigenvalue weighted by molar-refractivity contribution is 0.751. The first kappa shape index (κ1) is 36.4. The van der Waals surface area contributed by atoms with E-state index in [1.807, 2.05) is 0 Å². The van der Waals surface area contributed by atoms with Gasteiger partial charge in [0.05, 0.1) is 11.1 Å². The van der Waals surface area contributed by atoms with Crippen LogP contribution in [0.5, 0.6) is 0 Å². The molecule has 10 aromatic rings. The van der Waals surface area contributed by atoms with Gasteiger partial charge in [-0.2, -0.15) is 0 Å². The molecule has 4 aliphatic heterocycles. The van der Waals surface area contributed by atoms with Crippen LogP contribution >= 0.6 is 0 Å². The Hall–Kier alpha value is -8.07. The Bertz CT molecular complexity index is 3460. The summed E-state index contributed by atoms with van der Waals surface area (Å²) in [7, 11) is 0. The molecule has 0 radical (unpaired) electrons. The fraction of sp³-hybridized carbons (Fsp3) is 0.0164. The number of anilines is 6. The molecular weight excluding hydrogens is 782 g/mol. The van der Waals surface area contributed by atoms with Crippen LogP contribution in [-0.2, 0) is 5.41 Å². The summed E-state index contributed by atoms with van der Waals surface area (Å²) in [6, 6.07) is 91.0. The zero-order chi connectivity index (χ0) is 42.6. The molecule has 10 aromatic carbocycles. The molecule has 2 nitrogen and oxygen atoms in total. The van der Waals surface area contributed by atoms with Crippen LogP contribution in [-0.4, -0.2) is 13.4 Å². The van der Waals surface area contributed by atoms with Gasteiger partial charge in [0.1, 0.15) is 0 Å². The molecule has 0 aliphatic carbocycles. The highest BCUT2D eigenvalue weighted by Gasteiger charge is 2.55.